The lowest BCUT2D eigenvalue weighted by Crippen LogP contribution is -2.46. The minimum Gasteiger partial charge on any atom is -0.356 e. The summed E-state index contributed by atoms with van der Waals surface area (Å²) in [5.41, 5.74) is 0. The van der Waals surface area contributed by atoms with E-state index < -0.39 is 0 Å². The van der Waals surface area contributed by atoms with Gasteiger partial charge in [0.05, 0.1) is 0 Å². The van der Waals surface area contributed by atoms with Gasteiger partial charge in [0, 0.05) is 38.6 Å². The molecule has 1 unspecified atom stereocenters. The predicted octanol–water partition coefficient (Wildman–Crippen LogP) is 3.09. The number of amides is 1. The number of carbonyl (C=O) groups is 1. The highest BCUT2D eigenvalue weighted by Gasteiger charge is 2.31. The first-order chi connectivity index (χ1) is 12.3. The Morgan fingerprint density at radius 2 is 1.85 bits per heavy atom. The molecule has 150 valence electrons. The van der Waals surface area contributed by atoms with E-state index in [2.05, 4.69) is 32.3 Å². The van der Waals surface area contributed by atoms with Gasteiger partial charge in [-0.3, -0.25) is 9.79 Å². The van der Waals surface area contributed by atoms with Crippen molar-refractivity contribution in [3.8, 4) is 0 Å². The molecule has 2 saturated heterocycles. The molecule has 26 heavy (non-hydrogen) atoms. The van der Waals surface area contributed by atoms with Crippen LogP contribution in [0.15, 0.2) is 4.99 Å². The van der Waals surface area contributed by atoms with Crippen LogP contribution in [0.2, 0.25) is 0 Å². The lowest BCUT2D eigenvalue weighted by Gasteiger charge is -2.26. The lowest BCUT2D eigenvalue weighted by atomic mass is 9.88. The van der Waals surface area contributed by atoms with E-state index >= 15 is 0 Å². The lowest BCUT2D eigenvalue weighted by molar-refractivity contribution is -0.135. The number of aliphatic imine (C=N–C) groups is 1. The first-order valence-corrected chi connectivity index (χ1v) is 11.3. The van der Waals surface area contributed by atoms with Crippen LogP contribution in [0.5, 0.6) is 0 Å². The number of hydrogen-bond donors (Lipinski definition) is 2. The molecule has 1 aliphatic carbocycles. The Balaban J connectivity index is 0.00000243. The monoisotopic (exact) mass is 494 g/mol. The Bertz CT molecular complexity index is 464. The summed E-state index contributed by atoms with van der Waals surface area (Å²) >= 11 is 2.07. The van der Waals surface area contributed by atoms with Crippen molar-refractivity contribution in [2.75, 3.05) is 38.2 Å². The summed E-state index contributed by atoms with van der Waals surface area (Å²) in [5.74, 6) is 4.93. The number of likely N-dealkylation sites (tertiary alicyclic amines) is 1. The van der Waals surface area contributed by atoms with Gasteiger partial charge in [0.2, 0.25) is 5.91 Å². The Kier molecular flexibility index (Phi) is 9.88. The fourth-order valence-corrected chi connectivity index (χ4v) is 5.47. The van der Waals surface area contributed by atoms with Crippen LogP contribution in [0.3, 0.4) is 0 Å². The summed E-state index contributed by atoms with van der Waals surface area (Å²) in [5, 5.41) is 7.03. The second kappa shape index (κ2) is 11.6. The maximum Gasteiger partial charge on any atom is 0.225 e. The quantitative estimate of drug-likeness (QED) is 0.359. The summed E-state index contributed by atoms with van der Waals surface area (Å²) in [6.45, 7) is 2.73. The van der Waals surface area contributed by atoms with Crippen molar-refractivity contribution in [1.29, 1.82) is 0 Å². The first kappa shape index (κ1) is 22.1. The normalized spacial score (nSPS) is 25.7. The summed E-state index contributed by atoms with van der Waals surface area (Å²) in [6.07, 6.45) is 9.58. The number of thioether (sulfide) groups is 1. The van der Waals surface area contributed by atoms with Crippen molar-refractivity contribution in [2.45, 2.75) is 57.4 Å². The van der Waals surface area contributed by atoms with E-state index in [4.69, 9.17) is 0 Å². The van der Waals surface area contributed by atoms with Crippen LogP contribution < -0.4 is 10.6 Å². The zero-order chi connectivity index (χ0) is 17.5. The largest absolute Gasteiger partial charge is 0.356 e. The van der Waals surface area contributed by atoms with Gasteiger partial charge in [0.25, 0.3) is 0 Å². The molecule has 0 bridgehead atoms. The molecular formula is C19H35IN4OS. The highest BCUT2D eigenvalue weighted by atomic mass is 127. The number of hydrogen-bond acceptors (Lipinski definition) is 3. The van der Waals surface area contributed by atoms with E-state index in [0.29, 0.717) is 11.9 Å². The minimum absolute atomic E-state index is 0. The molecule has 0 radical (unpaired) electrons. The Hall–Kier alpha value is -0.180. The molecule has 1 atom stereocenters. The number of nitrogens with zero attached hydrogens (tertiary/aromatic N) is 2. The number of halogens is 1. The third-order valence-electron chi connectivity index (χ3n) is 5.92. The van der Waals surface area contributed by atoms with Crippen molar-refractivity contribution in [1.82, 2.24) is 15.5 Å². The molecule has 2 heterocycles. The molecule has 2 aliphatic heterocycles. The number of rotatable bonds is 4. The van der Waals surface area contributed by atoms with Gasteiger partial charge in [-0.1, -0.05) is 19.3 Å². The molecular weight excluding hydrogens is 459 g/mol. The highest BCUT2D eigenvalue weighted by molar-refractivity contribution is 14.0. The first-order valence-electron chi connectivity index (χ1n) is 10.1. The van der Waals surface area contributed by atoms with Gasteiger partial charge in [-0.25, -0.2) is 0 Å². The molecule has 1 saturated carbocycles. The van der Waals surface area contributed by atoms with E-state index in [1.54, 1.807) is 0 Å². The van der Waals surface area contributed by atoms with Gasteiger partial charge in [0.1, 0.15) is 0 Å². The molecule has 2 N–H and O–H groups in total. The zero-order valence-electron chi connectivity index (χ0n) is 16.0. The van der Waals surface area contributed by atoms with Crippen LogP contribution in [0.4, 0.5) is 0 Å². The average Bonchev–Trinajstić information content (AvgIpc) is 3.14. The fraction of sp³-hybridized carbons (Fsp3) is 0.895. The van der Waals surface area contributed by atoms with Crippen molar-refractivity contribution in [2.24, 2.45) is 16.8 Å². The maximum atomic E-state index is 12.7. The second-order valence-corrected chi connectivity index (χ2v) is 8.98. The highest BCUT2D eigenvalue weighted by Crippen LogP contribution is 2.27. The van der Waals surface area contributed by atoms with Gasteiger partial charge in [-0.15, -0.1) is 24.0 Å². The van der Waals surface area contributed by atoms with Crippen LogP contribution in [-0.4, -0.2) is 61.0 Å². The van der Waals surface area contributed by atoms with Gasteiger partial charge in [0.15, 0.2) is 5.96 Å². The topological polar surface area (TPSA) is 56.7 Å². The van der Waals surface area contributed by atoms with E-state index in [0.717, 1.165) is 50.8 Å². The second-order valence-electron chi connectivity index (χ2n) is 7.76. The minimum atomic E-state index is 0. The summed E-state index contributed by atoms with van der Waals surface area (Å²) in [7, 11) is 1.84. The van der Waals surface area contributed by atoms with Crippen molar-refractivity contribution < 1.29 is 4.79 Å². The predicted molar refractivity (Wildman–Crippen MR) is 122 cm³/mol. The van der Waals surface area contributed by atoms with Gasteiger partial charge >= 0.3 is 0 Å². The molecule has 0 aromatic carbocycles. The Morgan fingerprint density at radius 3 is 2.54 bits per heavy atom. The molecule has 1 amide bonds. The fourth-order valence-electron chi connectivity index (χ4n) is 4.27. The number of carbonyl (C=O) groups excluding carboxylic acids is 1. The van der Waals surface area contributed by atoms with Gasteiger partial charge in [-0.2, -0.15) is 11.8 Å². The van der Waals surface area contributed by atoms with E-state index in [-0.39, 0.29) is 29.9 Å². The molecule has 5 nitrogen and oxygen atoms in total. The van der Waals surface area contributed by atoms with E-state index in [1.807, 2.05) is 7.05 Å². The summed E-state index contributed by atoms with van der Waals surface area (Å²) in [4.78, 5) is 19.1. The Labute approximate surface area is 179 Å². The third-order valence-corrected chi connectivity index (χ3v) is 6.97. The smallest absolute Gasteiger partial charge is 0.225 e. The van der Waals surface area contributed by atoms with Gasteiger partial charge in [-0.05, 0) is 49.5 Å². The SMILES string of the molecule is CN=C(NCC1CCSCC1)NC1CCN(C(=O)C2CCCCC2)C1.I. The summed E-state index contributed by atoms with van der Waals surface area (Å²) < 4.78 is 0. The average molecular weight is 494 g/mol. The van der Waals surface area contributed by atoms with Gasteiger partial charge < -0.3 is 15.5 Å². The van der Waals surface area contributed by atoms with Crippen LogP contribution >= 0.6 is 35.7 Å². The van der Waals surface area contributed by atoms with E-state index in [1.165, 1.54) is 43.6 Å². The molecule has 0 aromatic rings. The van der Waals surface area contributed by atoms with Crippen LogP contribution in [0, 0.1) is 11.8 Å². The molecule has 3 aliphatic rings. The maximum absolute atomic E-state index is 12.7. The number of nitrogens with one attached hydrogen (secondary N) is 2. The zero-order valence-corrected chi connectivity index (χ0v) is 19.2. The molecule has 0 aromatic heterocycles. The molecule has 3 rings (SSSR count). The van der Waals surface area contributed by atoms with Crippen molar-refractivity contribution >= 4 is 47.6 Å². The standard InChI is InChI=1S/C19H34N4OS.HI/c1-20-19(21-13-15-8-11-25-12-9-15)22-17-7-10-23(14-17)18(24)16-5-3-2-4-6-16;/h15-17H,2-14H2,1H3,(H2,20,21,22);1H. The summed E-state index contributed by atoms with van der Waals surface area (Å²) in [6, 6.07) is 0.334. The van der Waals surface area contributed by atoms with Crippen LogP contribution in [0.25, 0.3) is 0 Å². The van der Waals surface area contributed by atoms with E-state index in [9.17, 15) is 4.79 Å². The molecule has 7 heteroatoms. The third kappa shape index (κ3) is 6.46. The molecule has 0 spiro atoms. The van der Waals surface area contributed by atoms with Crippen LogP contribution in [0.1, 0.15) is 51.4 Å². The molecule has 3 fully saturated rings. The van der Waals surface area contributed by atoms with Crippen LogP contribution in [-0.2, 0) is 4.79 Å². The Morgan fingerprint density at radius 1 is 1.12 bits per heavy atom. The van der Waals surface area contributed by atoms with Crippen molar-refractivity contribution in [3.05, 3.63) is 0 Å². The number of guanidine groups is 1. The van der Waals surface area contributed by atoms with Crippen molar-refractivity contribution in [3.63, 3.8) is 0 Å².